The van der Waals surface area contributed by atoms with Crippen molar-refractivity contribution < 1.29 is 19.9 Å². The van der Waals surface area contributed by atoms with Crippen LogP contribution in [0, 0.1) is 0 Å². The van der Waals surface area contributed by atoms with E-state index in [0.717, 1.165) is 0 Å². The Labute approximate surface area is 65.0 Å². The summed E-state index contributed by atoms with van der Waals surface area (Å²) in [5.41, 5.74) is 5.14. The quantitative estimate of drug-likeness (QED) is 0.373. The van der Waals surface area contributed by atoms with E-state index in [4.69, 9.17) is 20.9 Å². The molecule has 0 bridgehead atoms. The number of carbonyl (C=O) groups is 1. The van der Waals surface area contributed by atoms with Gasteiger partial charge in [-0.1, -0.05) is 6.42 Å². The van der Waals surface area contributed by atoms with E-state index in [1.165, 1.54) is 0 Å². The highest BCUT2D eigenvalue weighted by molar-refractivity contribution is 6.40. The molecule has 0 unspecified atom stereocenters. The molecule has 0 aromatic rings. The van der Waals surface area contributed by atoms with Crippen molar-refractivity contribution in [3.8, 4) is 0 Å². The van der Waals surface area contributed by atoms with Gasteiger partial charge in [0.05, 0.1) is 0 Å². The summed E-state index contributed by atoms with van der Waals surface area (Å²) in [5.74, 6) is -1.06. The van der Waals surface area contributed by atoms with Crippen molar-refractivity contribution in [3.63, 3.8) is 0 Å². The Morgan fingerprint density at radius 1 is 1.55 bits per heavy atom. The van der Waals surface area contributed by atoms with Gasteiger partial charge in [-0.25, -0.2) is 0 Å². The van der Waals surface area contributed by atoms with Crippen LogP contribution >= 0.6 is 0 Å². The molecule has 0 aromatic carbocycles. The monoisotopic (exact) mass is 161 g/mol. The number of nitrogens with two attached hydrogens (primary N) is 1. The molecular formula is C5H12BNO4. The second-order valence-corrected chi connectivity index (χ2v) is 2.36. The second kappa shape index (κ2) is 5.12. The minimum atomic E-state index is -1.36. The van der Waals surface area contributed by atoms with Crippen molar-refractivity contribution in [2.24, 2.45) is 5.73 Å². The zero-order valence-corrected chi connectivity index (χ0v) is 6.10. The molecule has 0 rings (SSSR count). The third kappa shape index (κ3) is 5.84. The molecule has 0 aliphatic rings. The topological polar surface area (TPSA) is 104 Å². The molecule has 0 saturated carbocycles. The van der Waals surface area contributed by atoms with Crippen LogP contribution in [0.15, 0.2) is 0 Å². The second-order valence-electron chi connectivity index (χ2n) is 2.36. The molecule has 0 spiro atoms. The van der Waals surface area contributed by atoms with Crippen molar-refractivity contribution in [2.75, 3.05) is 0 Å². The summed E-state index contributed by atoms with van der Waals surface area (Å²) < 4.78 is 0. The van der Waals surface area contributed by atoms with Gasteiger partial charge in [-0.3, -0.25) is 4.79 Å². The van der Waals surface area contributed by atoms with Gasteiger partial charge < -0.3 is 20.9 Å². The minimum absolute atomic E-state index is 0.168. The molecular weight excluding hydrogens is 149 g/mol. The maximum atomic E-state index is 10.1. The van der Waals surface area contributed by atoms with Crippen LogP contribution in [0.5, 0.6) is 0 Å². The van der Waals surface area contributed by atoms with Gasteiger partial charge in [-0.2, -0.15) is 0 Å². The van der Waals surface area contributed by atoms with Gasteiger partial charge in [-0.15, -0.1) is 0 Å². The Bertz CT molecular complexity index is 130. The van der Waals surface area contributed by atoms with Gasteiger partial charge in [-0.05, 0) is 12.7 Å². The largest absolute Gasteiger partial charge is 0.480 e. The predicted octanol–water partition coefficient (Wildman–Crippen LogP) is -1.35. The average molecular weight is 161 g/mol. The molecule has 0 saturated heterocycles. The summed E-state index contributed by atoms with van der Waals surface area (Å²) in [5, 5.41) is 25.0. The van der Waals surface area contributed by atoms with Crippen LogP contribution in [0.4, 0.5) is 0 Å². The molecule has 0 amide bonds. The predicted molar refractivity (Wildman–Crippen MR) is 39.8 cm³/mol. The maximum absolute atomic E-state index is 10.1. The molecule has 5 nitrogen and oxygen atoms in total. The first-order valence-electron chi connectivity index (χ1n) is 3.38. The number of rotatable bonds is 5. The van der Waals surface area contributed by atoms with Crippen molar-refractivity contribution in [1.82, 2.24) is 0 Å². The Morgan fingerprint density at radius 2 is 2.09 bits per heavy atom. The highest BCUT2D eigenvalue weighted by Crippen LogP contribution is 2.00. The molecule has 6 heteroatoms. The number of carboxylic acids is 1. The molecule has 0 heterocycles. The van der Waals surface area contributed by atoms with Crippen LogP contribution in [-0.2, 0) is 4.79 Å². The van der Waals surface area contributed by atoms with Crippen LogP contribution in [0.25, 0.3) is 0 Å². The summed E-state index contributed by atoms with van der Waals surface area (Å²) in [7, 11) is -1.36. The summed E-state index contributed by atoms with van der Waals surface area (Å²) in [6.45, 7) is 0. The molecule has 0 radical (unpaired) electrons. The van der Waals surface area contributed by atoms with Gasteiger partial charge in [0.1, 0.15) is 6.04 Å². The van der Waals surface area contributed by atoms with Crippen LogP contribution < -0.4 is 5.73 Å². The lowest BCUT2D eigenvalue weighted by molar-refractivity contribution is -0.138. The van der Waals surface area contributed by atoms with Gasteiger partial charge >= 0.3 is 13.1 Å². The normalized spacial score (nSPS) is 12.6. The van der Waals surface area contributed by atoms with Crippen LogP contribution in [0.3, 0.4) is 0 Å². The standard InChI is InChI=1S/C5H12BNO4/c7-4(5(8)9)2-1-3-6(10)11/h4,10-11H,1-3,7H2,(H,8,9)/t4-/m0/s1. The van der Waals surface area contributed by atoms with E-state index in [-0.39, 0.29) is 12.7 Å². The van der Waals surface area contributed by atoms with E-state index in [2.05, 4.69) is 0 Å². The molecule has 11 heavy (non-hydrogen) atoms. The van der Waals surface area contributed by atoms with Crippen molar-refractivity contribution >= 4 is 13.1 Å². The van der Waals surface area contributed by atoms with Gasteiger partial charge in [0, 0.05) is 0 Å². The van der Waals surface area contributed by atoms with E-state index >= 15 is 0 Å². The van der Waals surface area contributed by atoms with E-state index in [1.807, 2.05) is 0 Å². The zero-order chi connectivity index (χ0) is 8.85. The fourth-order valence-corrected chi connectivity index (χ4v) is 0.644. The lowest BCUT2D eigenvalue weighted by Crippen LogP contribution is -2.30. The van der Waals surface area contributed by atoms with Crippen LogP contribution in [-0.4, -0.2) is 34.3 Å². The molecule has 1 atom stereocenters. The lowest BCUT2D eigenvalue weighted by atomic mass is 9.83. The van der Waals surface area contributed by atoms with Gasteiger partial charge in [0.25, 0.3) is 0 Å². The Morgan fingerprint density at radius 3 is 2.45 bits per heavy atom. The molecule has 0 aliphatic carbocycles. The number of carboxylic acid groups (broad SMARTS) is 1. The fraction of sp³-hybridized carbons (Fsp3) is 0.800. The third-order valence-electron chi connectivity index (χ3n) is 1.29. The first-order valence-corrected chi connectivity index (χ1v) is 3.38. The van der Waals surface area contributed by atoms with Crippen molar-refractivity contribution in [3.05, 3.63) is 0 Å². The van der Waals surface area contributed by atoms with Gasteiger partial charge in [0.15, 0.2) is 0 Å². The number of aliphatic carboxylic acids is 1. The van der Waals surface area contributed by atoms with E-state index in [0.29, 0.717) is 6.42 Å². The molecule has 0 fully saturated rings. The third-order valence-corrected chi connectivity index (χ3v) is 1.29. The molecule has 64 valence electrons. The maximum Gasteiger partial charge on any atom is 0.451 e. The fourth-order valence-electron chi connectivity index (χ4n) is 0.644. The molecule has 5 N–H and O–H groups in total. The summed E-state index contributed by atoms with van der Waals surface area (Å²) in [6, 6.07) is -0.895. The van der Waals surface area contributed by atoms with E-state index in [9.17, 15) is 4.79 Å². The average Bonchev–Trinajstić information content (AvgIpc) is 1.86. The highest BCUT2D eigenvalue weighted by Gasteiger charge is 2.12. The minimum Gasteiger partial charge on any atom is -0.480 e. The molecule has 0 aliphatic heterocycles. The van der Waals surface area contributed by atoms with Crippen LogP contribution in [0.2, 0.25) is 6.32 Å². The van der Waals surface area contributed by atoms with Crippen molar-refractivity contribution in [1.29, 1.82) is 0 Å². The van der Waals surface area contributed by atoms with E-state index in [1.54, 1.807) is 0 Å². The molecule has 0 aromatic heterocycles. The van der Waals surface area contributed by atoms with Gasteiger partial charge in [0.2, 0.25) is 0 Å². The Balaban J connectivity index is 3.31. The summed E-state index contributed by atoms with van der Waals surface area (Å²) in [6.07, 6.45) is 0.846. The number of hydrogen-bond donors (Lipinski definition) is 4. The Hall–Kier alpha value is -0.585. The Kier molecular flexibility index (Phi) is 4.84. The first kappa shape index (κ1) is 10.4. The SMILES string of the molecule is N[C@@H](CCCB(O)O)C(=O)O. The first-order chi connectivity index (χ1) is 5.04. The number of hydrogen-bond acceptors (Lipinski definition) is 4. The lowest BCUT2D eigenvalue weighted by Gasteiger charge is -2.04. The van der Waals surface area contributed by atoms with E-state index < -0.39 is 19.1 Å². The van der Waals surface area contributed by atoms with Crippen LogP contribution in [0.1, 0.15) is 12.8 Å². The highest BCUT2D eigenvalue weighted by atomic mass is 16.4. The smallest absolute Gasteiger partial charge is 0.451 e. The summed E-state index contributed by atoms with van der Waals surface area (Å²) in [4.78, 5) is 10.1. The zero-order valence-electron chi connectivity index (χ0n) is 6.10. The summed E-state index contributed by atoms with van der Waals surface area (Å²) >= 11 is 0. The van der Waals surface area contributed by atoms with Crippen molar-refractivity contribution in [2.45, 2.75) is 25.2 Å².